The molecule has 1 amide bonds. The number of amides is 1. The van der Waals surface area contributed by atoms with Crippen LogP contribution in [0.5, 0.6) is 5.75 Å². The molecule has 0 saturated heterocycles. The molecule has 27 heavy (non-hydrogen) atoms. The minimum Gasteiger partial charge on any atom is -0.487 e. The Morgan fingerprint density at radius 2 is 1.63 bits per heavy atom. The van der Waals surface area contributed by atoms with E-state index in [1.165, 1.54) is 0 Å². The molecule has 4 nitrogen and oxygen atoms in total. The number of anilines is 2. The number of rotatable bonds is 7. The van der Waals surface area contributed by atoms with Gasteiger partial charge in [0.15, 0.2) is 0 Å². The van der Waals surface area contributed by atoms with Crippen molar-refractivity contribution < 1.29 is 9.53 Å². The van der Waals surface area contributed by atoms with Gasteiger partial charge < -0.3 is 15.4 Å². The standard InChI is InChI=1S/C21H18Cl2N2O2/c22-16-10-11-17(23)19(12-16)24-13-21(26)25-18-8-4-5-9-20(18)27-14-15-6-2-1-3-7-15/h1-12,24H,13-14H2,(H,25,26). The second-order valence-corrected chi connectivity index (χ2v) is 6.64. The van der Waals surface area contributed by atoms with Gasteiger partial charge >= 0.3 is 0 Å². The number of nitrogens with one attached hydrogen (secondary N) is 2. The van der Waals surface area contributed by atoms with Gasteiger partial charge in [-0.3, -0.25) is 4.79 Å². The lowest BCUT2D eigenvalue weighted by molar-refractivity contribution is -0.114. The van der Waals surface area contributed by atoms with Gasteiger partial charge in [-0.15, -0.1) is 0 Å². The Hall–Kier alpha value is -2.69. The Balaban J connectivity index is 1.60. The van der Waals surface area contributed by atoms with E-state index in [0.717, 1.165) is 5.56 Å². The topological polar surface area (TPSA) is 50.4 Å². The third-order valence-electron chi connectivity index (χ3n) is 3.77. The van der Waals surface area contributed by atoms with Crippen LogP contribution in [0.25, 0.3) is 0 Å². The van der Waals surface area contributed by atoms with Gasteiger partial charge in [-0.1, -0.05) is 65.7 Å². The van der Waals surface area contributed by atoms with Gasteiger partial charge in [0.1, 0.15) is 12.4 Å². The van der Waals surface area contributed by atoms with E-state index in [1.807, 2.05) is 48.5 Å². The minimum absolute atomic E-state index is 0.0487. The summed E-state index contributed by atoms with van der Waals surface area (Å²) in [6, 6.07) is 22.2. The number of para-hydroxylation sites is 2. The molecule has 0 bridgehead atoms. The van der Waals surface area contributed by atoms with Gasteiger partial charge in [-0.25, -0.2) is 0 Å². The molecule has 138 valence electrons. The van der Waals surface area contributed by atoms with Crippen molar-refractivity contribution in [3.63, 3.8) is 0 Å². The third kappa shape index (κ3) is 5.64. The lowest BCUT2D eigenvalue weighted by Gasteiger charge is -2.13. The smallest absolute Gasteiger partial charge is 0.243 e. The molecule has 0 radical (unpaired) electrons. The molecule has 3 aromatic carbocycles. The summed E-state index contributed by atoms with van der Waals surface area (Å²) in [5.41, 5.74) is 2.27. The van der Waals surface area contributed by atoms with Crippen LogP contribution in [-0.2, 0) is 11.4 Å². The summed E-state index contributed by atoms with van der Waals surface area (Å²) in [6.45, 7) is 0.469. The van der Waals surface area contributed by atoms with E-state index in [0.29, 0.717) is 33.8 Å². The van der Waals surface area contributed by atoms with Gasteiger partial charge in [0.05, 0.1) is 22.9 Å². The molecular formula is C21H18Cl2N2O2. The van der Waals surface area contributed by atoms with Crippen molar-refractivity contribution in [1.82, 2.24) is 0 Å². The average molecular weight is 401 g/mol. The number of ether oxygens (including phenoxy) is 1. The summed E-state index contributed by atoms with van der Waals surface area (Å²) < 4.78 is 5.85. The molecule has 0 spiro atoms. The highest BCUT2D eigenvalue weighted by Gasteiger charge is 2.09. The highest BCUT2D eigenvalue weighted by Crippen LogP contribution is 2.26. The molecule has 0 heterocycles. The van der Waals surface area contributed by atoms with Crippen LogP contribution in [0.1, 0.15) is 5.56 Å². The van der Waals surface area contributed by atoms with Gasteiger partial charge in [0.2, 0.25) is 5.91 Å². The Morgan fingerprint density at radius 3 is 2.44 bits per heavy atom. The molecule has 0 fully saturated rings. The molecule has 6 heteroatoms. The normalized spacial score (nSPS) is 10.3. The first kappa shape index (κ1) is 19.1. The first-order chi connectivity index (χ1) is 13.1. The Morgan fingerprint density at radius 1 is 0.889 bits per heavy atom. The predicted molar refractivity (Wildman–Crippen MR) is 111 cm³/mol. The number of halogens is 2. The quantitative estimate of drug-likeness (QED) is 0.540. The highest BCUT2D eigenvalue weighted by atomic mass is 35.5. The van der Waals surface area contributed by atoms with E-state index in [2.05, 4.69) is 10.6 Å². The Bertz CT molecular complexity index is 917. The maximum Gasteiger partial charge on any atom is 0.243 e. The fourth-order valence-corrected chi connectivity index (χ4v) is 2.79. The zero-order valence-corrected chi connectivity index (χ0v) is 15.9. The van der Waals surface area contributed by atoms with Crippen LogP contribution in [0.2, 0.25) is 10.0 Å². The monoisotopic (exact) mass is 400 g/mol. The van der Waals surface area contributed by atoms with Crippen LogP contribution in [0.3, 0.4) is 0 Å². The maximum atomic E-state index is 12.3. The SMILES string of the molecule is O=C(CNc1cc(Cl)ccc1Cl)Nc1ccccc1OCc1ccccc1. The van der Waals surface area contributed by atoms with Crippen LogP contribution in [0, 0.1) is 0 Å². The number of hydrogen-bond donors (Lipinski definition) is 2. The minimum atomic E-state index is -0.221. The van der Waals surface area contributed by atoms with Crippen LogP contribution in [0.15, 0.2) is 72.8 Å². The summed E-state index contributed by atoms with van der Waals surface area (Å²) in [5.74, 6) is 0.386. The van der Waals surface area contributed by atoms with Crippen LogP contribution >= 0.6 is 23.2 Å². The molecule has 2 N–H and O–H groups in total. The zero-order chi connectivity index (χ0) is 19.1. The molecule has 3 aromatic rings. The highest BCUT2D eigenvalue weighted by molar-refractivity contribution is 6.35. The maximum absolute atomic E-state index is 12.3. The lowest BCUT2D eigenvalue weighted by Crippen LogP contribution is -2.22. The van der Waals surface area contributed by atoms with E-state index >= 15 is 0 Å². The van der Waals surface area contributed by atoms with Crippen LogP contribution < -0.4 is 15.4 Å². The molecule has 0 saturated carbocycles. The molecular weight excluding hydrogens is 383 g/mol. The molecule has 0 aliphatic rings. The van der Waals surface area contributed by atoms with Gasteiger partial charge in [-0.2, -0.15) is 0 Å². The first-order valence-corrected chi connectivity index (χ1v) is 9.12. The van der Waals surface area contributed by atoms with E-state index < -0.39 is 0 Å². The zero-order valence-electron chi connectivity index (χ0n) is 14.4. The second-order valence-electron chi connectivity index (χ2n) is 5.80. The molecule has 0 aliphatic heterocycles. The summed E-state index contributed by atoms with van der Waals surface area (Å²) in [6.07, 6.45) is 0. The van der Waals surface area contributed by atoms with Crippen LogP contribution in [-0.4, -0.2) is 12.5 Å². The van der Waals surface area contributed by atoms with Crippen molar-refractivity contribution in [3.05, 3.63) is 88.4 Å². The Kier molecular flexibility index (Phi) is 6.58. The fraction of sp³-hybridized carbons (Fsp3) is 0.0952. The van der Waals surface area contributed by atoms with E-state index in [4.69, 9.17) is 27.9 Å². The van der Waals surface area contributed by atoms with Crippen molar-refractivity contribution in [2.24, 2.45) is 0 Å². The molecule has 0 atom stereocenters. The van der Waals surface area contributed by atoms with Crippen molar-refractivity contribution in [1.29, 1.82) is 0 Å². The van der Waals surface area contributed by atoms with E-state index in [-0.39, 0.29) is 12.5 Å². The lowest BCUT2D eigenvalue weighted by atomic mass is 10.2. The second kappa shape index (κ2) is 9.31. The van der Waals surface area contributed by atoms with Crippen LogP contribution in [0.4, 0.5) is 11.4 Å². The first-order valence-electron chi connectivity index (χ1n) is 8.36. The van der Waals surface area contributed by atoms with E-state index in [9.17, 15) is 4.79 Å². The number of carbonyl (C=O) groups excluding carboxylic acids is 1. The van der Waals surface area contributed by atoms with Crippen molar-refractivity contribution in [3.8, 4) is 5.75 Å². The van der Waals surface area contributed by atoms with Crippen molar-refractivity contribution in [2.45, 2.75) is 6.61 Å². The van der Waals surface area contributed by atoms with Gasteiger partial charge in [0, 0.05) is 5.02 Å². The van der Waals surface area contributed by atoms with Gasteiger partial charge in [-0.05, 0) is 35.9 Å². The molecule has 3 rings (SSSR count). The summed E-state index contributed by atoms with van der Waals surface area (Å²) in [4.78, 5) is 12.3. The largest absolute Gasteiger partial charge is 0.487 e. The average Bonchev–Trinajstić information content (AvgIpc) is 2.69. The number of benzene rings is 3. The molecule has 0 aromatic heterocycles. The number of carbonyl (C=O) groups is 1. The summed E-state index contributed by atoms with van der Waals surface area (Å²) >= 11 is 12.0. The summed E-state index contributed by atoms with van der Waals surface area (Å²) in [5, 5.41) is 6.87. The molecule has 0 unspecified atom stereocenters. The summed E-state index contributed by atoms with van der Waals surface area (Å²) in [7, 11) is 0. The van der Waals surface area contributed by atoms with E-state index in [1.54, 1.807) is 24.3 Å². The predicted octanol–water partition coefficient (Wildman–Crippen LogP) is 5.62. The number of hydrogen-bond acceptors (Lipinski definition) is 3. The van der Waals surface area contributed by atoms with Crippen molar-refractivity contribution >= 4 is 40.5 Å². The molecule has 0 aliphatic carbocycles. The van der Waals surface area contributed by atoms with Crippen molar-refractivity contribution in [2.75, 3.05) is 17.2 Å². The fourth-order valence-electron chi connectivity index (χ4n) is 2.43. The van der Waals surface area contributed by atoms with Gasteiger partial charge in [0.25, 0.3) is 0 Å². The Labute approximate surface area is 168 Å². The third-order valence-corrected chi connectivity index (χ3v) is 4.33.